The zero-order valence-electron chi connectivity index (χ0n) is 23.7. The van der Waals surface area contributed by atoms with E-state index in [1.807, 2.05) is 11.3 Å². The maximum Gasteiger partial charge on any atom is 0.160 e. The van der Waals surface area contributed by atoms with Crippen molar-refractivity contribution in [2.24, 2.45) is 0 Å². The van der Waals surface area contributed by atoms with Crippen LogP contribution in [0.25, 0.3) is 69.9 Å². The molecule has 3 aromatic heterocycles. The van der Waals surface area contributed by atoms with Gasteiger partial charge in [0.15, 0.2) is 5.58 Å². The van der Waals surface area contributed by atoms with Gasteiger partial charge < -0.3 is 13.7 Å². The second kappa shape index (κ2) is 9.09. The number of para-hydroxylation sites is 1. The van der Waals surface area contributed by atoms with E-state index in [-0.39, 0.29) is 0 Å². The van der Waals surface area contributed by atoms with Crippen molar-refractivity contribution in [1.29, 1.82) is 0 Å². The Hall–Kier alpha value is -5.32. The van der Waals surface area contributed by atoms with E-state index in [1.54, 1.807) is 0 Å². The molecular weight excluding hydrogens is 559 g/mol. The van der Waals surface area contributed by atoms with Crippen LogP contribution in [0.5, 0.6) is 0 Å². The Bertz CT molecular complexity index is 2630. The van der Waals surface area contributed by atoms with Crippen LogP contribution in [-0.4, -0.2) is 0 Å². The number of nitrogens with zero attached hydrogens (tertiary/aromatic N) is 1. The van der Waals surface area contributed by atoms with Crippen molar-refractivity contribution >= 4 is 98.3 Å². The van der Waals surface area contributed by atoms with Crippen LogP contribution in [0.3, 0.4) is 0 Å². The molecule has 0 fully saturated rings. The minimum absolute atomic E-state index is 0.892. The summed E-state index contributed by atoms with van der Waals surface area (Å²) in [6.45, 7) is 0. The van der Waals surface area contributed by atoms with Gasteiger partial charge in [-0.25, -0.2) is 0 Å². The Labute approximate surface area is 256 Å². The third-order valence-corrected chi connectivity index (χ3v) is 10.3. The van der Waals surface area contributed by atoms with Gasteiger partial charge in [0.05, 0.1) is 16.8 Å². The Morgan fingerprint density at radius 3 is 2.39 bits per heavy atom. The van der Waals surface area contributed by atoms with Crippen molar-refractivity contribution in [3.63, 3.8) is 0 Å². The smallest absolute Gasteiger partial charge is 0.160 e. The lowest BCUT2D eigenvalue weighted by Crippen LogP contribution is -2.11. The molecule has 0 N–H and O–H groups in total. The predicted octanol–water partition coefficient (Wildman–Crippen LogP) is 12.3. The molecule has 3 nitrogen and oxygen atoms in total. The molecule has 0 aliphatic heterocycles. The lowest BCUT2D eigenvalue weighted by atomic mass is 9.99. The fourth-order valence-electron chi connectivity index (χ4n) is 7.10. The monoisotopic (exact) mass is 583 g/mol. The molecular formula is C40H25NO2S. The fraction of sp³-hybridized carbons (Fsp3) is 0.0500. The molecule has 6 aromatic carbocycles. The first kappa shape index (κ1) is 24.2. The molecule has 3 heterocycles. The first-order valence-electron chi connectivity index (χ1n) is 15.1. The largest absolute Gasteiger partial charge is 0.460 e. The molecule has 1 aliphatic carbocycles. The van der Waals surface area contributed by atoms with Crippen molar-refractivity contribution in [1.82, 2.24) is 0 Å². The summed E-state index contributed by atoms with van der Waals surface area (Å²) in [4.78, 5) is 2.39. The molecule has 208 valence electrons. The normalized spacial score (nSPS) is 13.2. The highest BCUT2D eigenvalue weighted by Crippen LogP contribution is 2.51. The highest BCUT2D eigenvalue weighted by molar-refractivity contribution is 7.26. The molecule has 10 rings (SSSR count). The molecule has 0 spiro atoms. The number of anilines is 3. The molecule has 0 radical (unpaired) electrons. The first-order valence-corrected chi connectivity index (χ1v) is 15.9. The molecule has 44 heavy (non-hydrogen) atoms. The molecule has 4 heteroatoms. The zero-order valence-corrected chi connectivity index (χ0v) is 24.5. The summed E-state index contributed by atoms with van der Waals surface area (Å²) in [5, 5.41) is 8.35. The Kier molecular flexibility index (Phi) is 4.99. The van der Waals surface area contributed by atoms with Crippen LogP contribution in [0.4, 0.5) is 17.1 Å². The van der Waals surface area contributed by atoms with E-state index in [0.29, 0.717) is 0 Å². The van der Waals surface area contributed by atoms with Gasteiger partial charge in [-0.05, 0) is 59.7 Å². The van der Waals surface area contributed by atoms with Crippen LogP contribution < -0.4 is 4.90 Å². The standard InChI is InChI=1S/C40H25NO2S/c1-2-11-25-22-26(21-20-24(25)10-1)41(31-15-9-18-35-37(31)28-13-3-6-16-33(28)42-35)32-23-30-27-12-5-8-19-36(27)44-40(30)38-29-14-4-7-17-34(29)43-39(32)38/h1-5,7-15,17-23H,6,16H2. The molecule has 0 amide bonds. The Balaban J connectivity index is 1.39. The van der Waals surface area contributed by atoms with Gasteiger partial charge in [0.2, 0.25) is 0 Å². The summed E-state index contributed by atoms with van der Waals surface area (Å²) in [5.74, 6) is 1.06. The van der Waals surface area contributed by atoms with Crippen LogP contribution >= 0.6 is 11.3 Å². The van der Waals surface area contributed by atoms with E-state index < -0.39 is 0 Å². The number of benzene rings is 6. The molecule has 0 atom stereocenters. The van der Waals surface area contributed by atoms with Crippen molar-refractivity contribution in [2.45, 2.75) is 12.8 Å². The first-order chi connectivity index (χ1) is 21.8. The number of hydrogen-bond donors (Lipinski definition) is 0. The van der Waals surface area contributed by atoms with E-state index in [4.69, 9.17) is 8.83 Å². The minimum Gasteiger partial charge on any atom is -0.460 e. The molecule has 0 unspecified atom stereocenters. The third kappa shape index (κ3) is 3.37. The number of hydrogen-bond acceptors (Lipinski definition) is 4. The predicted molar refractivity (Wildman–Crippen MR) is 186 cm³/mol. The summed E-state index contributed by atoms with van der Waals surface area (Å²) in [5.41, 5.74) is 7.05. The number of allylic oxidation sites excluding steroid dienone is 1. The van der Waals surface area contributed by atoms with Gasteiger partial charge in [0.25, 0.3) is 0 Å². The number of thiophene rings is 1. The quantitative estimate of drug-likeness (QED) is 0.207. The highest BCUT2D eigenvalue weighted by Gasteiger charge is 2.27. The molecule has 9 aromatic rings. The van der Waals surface area contributed by atoms with Gasteiger partial charge in [-0.2, -0.15) is 0 Å². The summed E-state index contributed by atoms with van der Waals surface area (Å²) < 4.78 is 15.8. The van der Waals surface area contributed by atoms with Crippen LogP contribution in [0.1, 0.15) is 17.7 Å². The SMILES string of the molecule is C1=Cc2c(oc3cccc(N(c4ccc5ccccc5c4)c4cc5c6ccccc6sc5c5c4oc4ccccc45)c23)CC1. The molecule has 0 saturated carbocycles. The number of rotatable bonds is 3. The lowest BCUT2D eigenvalue weighted by molar-refractivity contribution is 0.546. The van der Waals surface area contributed by atoms with Crippen LogP contribution in [0, 0.1) is 0 Å². The van der Waals surface area contributed by atoms with E-state index in [2.05, 4.69) is 132 Å². The Morgan fingerprint density at radius 2 is 1.43 bits per heavy atom. The zero-order chi connectivity index (χ0) is 28.8. The van der Waals surface area contributed by atoms with Crippen LogP contribution in [0.15, 0.2) is 130 Å². The van der Waals surface area contributed by atoms with E-state index in [9.17, 15) is 0 Å². The fourth-order valence-corrected chi connectivity index (χ4v) is 8.34. The van der Waals surface area contributed by atoms with Crippen molar-refractivity contribution in [3.05, 3.63) is 133 Å². The maximum absolute atomic E-state index is 6.83. The second-order valence-electron chi connectivity index (χ2n) is 11.6. The van der Waals surface area contributed by atoms with E-state index in [1.165, 1.54) is 41.9 Å². The van der Waals surface area contributed by atoms with Gasteiger partial charge in [0, 0.05) is 48.6 Å². The number of furan rings is 2. The second-order valence-corrected chi connectivity index (χ2v) is 12.6. The average molecular weight is 584 g/mol. The van der Waals surface area contributed by atoms with Gasteiger partial charge in [-0.15, -0.1) is 11.3 Å². The molecule has 0 bridgehead atoms. The summed E-state index contributed by atoms with van der Waals surface area (Å²) in [7, 11) is 0. The lowest BCUT2D eigenvalue weighted by Gasteiger charge is -2.27. The minimum atomic E-state index is 0.892. The van der Waals surface area contributed by atoms with Crippen molar-refractivity contribution in [2.75, 3.05) is 4.90 Å². The Morgan fingerprint density at radius 1 is 0.614 bits per heavy atom. The van der Waals surface area contributed by atoms with E-state index in [0.717, 1.165) is 63.2 Å². The number of aryl methyl sites for hydroxylation is 1. The van der Waals surface area contributed by atoms with Crippen LogP contribution in [0.2, 0.25) is 0 Å². The van der Waals surface area contributed by atoms with E-state index >= 15 is 0 Å². The number of fused-ring (bicyclic) bond motifs is 11. The van der Waals surface area contributed by atoms with Crippen molar-refractivity contribution < 1.29 is 8.83 Å². The maximum atomic E-state index is 6.83. The summed E-state index contributed by atoms with van der Waals surface area (Å²) in [6, 6.07) is 41.2. The van der Waals surface area contributed by atoms with Crippen molar-refractivity contribution in [3.8, 4) is 0 Å². The van der Waals surface area contributed by atoms with Gasteiger partial charge in [0.1, 0.15) is 16.9 Å². The summed E-state index contributed by atoms with van der Waals surface area (Å²) in [6.07, 6.45) is 6.41. The summed E-state index contributed by atoms with van der Waals surface area (Å²) >= 11 is 1.84. The van der Waals surface area contributed by atoms with Gasteiger partial charge in [-0.1, -0.05) is 84.9 Å². The third-order valence-electron chi connectivity index (χ3n) is 9.07. The van der Waals surface area contributed by atoms with Gasteiger partial charge >= 0.3 is 0 Å². The van der Waals surface area contributed by atoms with Gasteiger partial charge in [-0.3, -0.25) is 0 Å². The van der Waals surface area contributed by atoms with Crippen LogP contribution in [-0.2, 0) is 6.42 Å². The molecule has 1 aliphatic rings. The molecule has 0 saturated heterocycles. The topological polar surface area (TPSA) is 29.5 Å². The average Bonchev–Trinajstić information content (AvgIpc) is 3.76. The highest BCUT2D eigenvalue weighted by atomic mass is 32.1.